The molecule has 1 aromatic heterocycles. The van der Waals surface area contributed by atoms with Crippen LogP contribution in [0.15, 0.2) is 64.3 Å². The van der Waals surface area contributed by atoms with Crippen molar-refractivity contribution >= 4 is 33.7 Å². The van der Waals surface area contributed by atoms with Gasteiger partial charge in [-0.2, -0.15) is 10.2 Å². The molecule has 1 amide bonds. The summed E-state index contributed by atoms with van der Waals surface area (Å²) < 4.78 is 2.31. The number of nitrogens with one attached hydrogen (secondary N) is 1. The molecule has 0 fully saturated rings. The van der Waals surface area contributed by atoms with Crippen LogP contribution in [-0.4, -0.2) is 31.9 Å². The van der Waals surface area contributed by atoms with E-state index in [4.69, 9.17) is 0 Å². The monoisotopic (exact) mass is 443 g/mol. The predicted octanol–water partition coefficient (Wildman–Crippen LogP) is 3.07. The standard InChI is InChI=1S/C18H14BrN5O4/c19-14-3-6-17(25)13(9-14)10-20-21-18(26)16-7-8-23(22-16)11-12-1-4-15(5-2-12)24(27)28/h1-10,25H,11H2,(H,21,26). The predicted molar refractivity (Wildman–Crippen MR) is 105 cm³/mol. The van der Waals surface area contributed by atoms with E-state index in [0.29, 0.717) is 12.1 Å². The van der Waals surface area contributed by atoms with Crippen molar-refractivity contribution in [3.63, 3.8) is 0 Å². The summed E-state index contributed by atoms with van der Waals surface area (Å²) in [6, 6.07) is 12.5. The molecule has 28 heavy (non-hydrogen) atoms. The lowest BCUT2D eigenvalue weighted by Gasteiger charge is -2.02. The van der Waals surface area contributed by atoms with Crippen molar-refractivity contribution in [3.8, 4) is 5.75 Å². The van der Waals surface area contributed by atoms with Crippen LogP contribution in [0.25, 0.3) is 0 Å². The van der Waals surface area contributed by atoms with Gasteiger partial charge in [-0.15, -0.1) is 0 Å². The van der Waals surface area contributed by atoms with Crippen LogP contribution in [0.3, 0.4) is 0 Å². The molecule has 2 aromatic carbocycles. The number of amides is 1. The number of halogens is 1. The number of nitrogens with zero attached hydrogens (tertiary/aromatic N) is 4. The number of aromatic nitrogens is 2. The van der Waals surface area contributed by atoms with Crippen molar-refractivity contribution in [2.24, 2.45) is 5.10 Å². The normalized spacial score (nSPS) is 10.9. The molecule has 2 N–H and O–H groups in total. The Hall–Kier alpha value is -3.53. The number of phenolic OH excluding ortho intramolecular Hbond substituents is 1. The number of nitro benzene ring substituents is 1. The lowest BCUT2D eigenvalue weighted by molar-refractivity contribution is -0.384. The number of nitro groups is 1. The van der Waals surface area contributed by atoms with Gasteiger partial charge in [-0.3, -0.25) is 19.6 Å². The fraction of sp³-hybridized carbons (Fsp3) is 0.0556. The highest BCUT2D eigenvalue weighted by molar-refractivity contribution is 9.10. The summed E-state index contributed by atoms with van der Waals surface area (Å²) >= 11 is 3.29. The Morgan fingerprint density at radius 3 is 2.75 bits per heavy atom. The van der Waals surface area contributed by atoms with Crippen LogP contribution in [0.4, 0.5) is 5.69 Å². The maximum absolute atomic E-state index is 12.1. The fourth-order valence-corrected chi connectivity index (χ4v) is 2.71. The molecule has 3 rings (SSSR count). The van der Waals surface area contributed by atoms with Crippen LogP contribution < -0.4 is 5.43 Å². The van der Waals surface area contributed by atoms with Gasteiger partial charge in [0.05, 0.1) is 17.7 Å². The van der Waals surface area contributed by atoms with Gasteiger partial charge in [0.1, 0.15) is 5.75 Å². The first-order valence-corrected chi connectivity index (χ1v) is 8.80. The molecule has 0 spiro atoms. The third kappa shape index (κ3) is 4.80. The number of non-ortho nitro benzene ring substituents is 1. The Balaban J connectivity index is 1.61. The van der Waals surface area contributed by atoms with Gasteiger partial charge in [-0.05, 0) is 29.8 Å². The minimum absolute atomic E-state index is 0.0126. The number of phenols is 1. The van der Waals surface area contributed by atoms with Gasteiger partial charge in [-0.25, -0.2) is 5.43 Å². The van der Waals surface area contributed by atoms with Gasteiger partial charge >= 0.3 is 0 Å². The lowest BCUT2D eigenvalue weighted by atomic mass is 10.2. The Morgan fingerprint density at radius 2 is 2.04 bits per heavy atom. The molecule has 10 heteroatoms. The third-order valence-electron chi connectivity index (χ3n) is 3.72. The number of hydrazone groups is 1. The Bertz CT molecular complexity index is 1050. The van der Waals surface area contributed by atoms with Crippen LogP contribution >= 0.6 is 15.9 Å². The molecule has 0 bridgehead atoms. The zero-order valence-corrected chi connectivity index (χ0v) is 15.9. The van der Waals surface area contributed by atoms with E-state index in [1.54, 1.807) is 35.1 Å². The Kier molecular flexibility index (Phi) is 5.80. The SMILES string of the molecule is O=C(NN=Cc1cc(Br)ccc1O)c1ccn(Cc2ccc([N+](=O)[O-])cc2)n1. The van der Waals surface area contributed by atoms with E-state index in [1.165, 1.54) is 30.5 Å². The van der Waals surface area contributed by atoms with Crippen LogP contribution in [0.2, 0.25) is 0 Å². The number of benzene rings is 2. The summed E-state index contributed by atoms with van der Waals surface area (Å²) in [4.78, 5) is 22.3. The van der Waals surface area contributed by atoms with Gasteiger partial charge < -0.3 is 5.11 Å². The van der Waals surface area contributed by atoms with Crippen molar-refractivity contribution in [2.45, 2.75) is 6.54 Å². The van der Waals surface area contributed by atoms with Gasteiger partial charge in [0.2, 0.25) is 0 Å². The first kappa shape index (κ1) is 19.2. The minimum Gasteiger partial charge on any atom is -0.507 e. The van der Waals surface area contributed by atoms with Gasteiger partial charge in [0.25, 0.3) is 11.6 Å². The Morgan fingerprint density at radius 1 is 1.29 bits per heavy atom. The number of hydrogen-bond donors (Lipinski definition) is 2. The van der Waals surface area contributed by atoms with E-state index in [0.717, 1.165) is 10.0 Å². The van der Waals surface area contributed by atoms with Crippen LogP contribution in [0.5, 0.6) is 5.75 Å². The zero-order chi connectivity index (χ0) is 20.1. The van der Waals surface area contributed by atoms with Crippen molar-refractivity contribution in [3.05, 3.63) is 86.1 Å². The number of carbonyl (C=O) groups is 1. The molecular weight excluding hydrogens is 430 g/mol. The van der Waals surface area contributed by atoms with Crippen LogP contribution in [0.1, 0.15) is 21.6 Å². The highest BCUT2D eigenvalue weighted by atomic mass is 79.9. The lowest BCUT2D eigenvalue weighted by Crippen LogP contribution is -2.18. The number of rotatable bonds is 6. The van der Waals surface area contributed by atoms with E-state index in [2.05, 4.69) is 31.6 Å². The van der Waals surface area contributed by atoms with Crippen molar-refractivity contribution < 1.29 is 14.8 Å². The van der Waals surface area contributed by atoms with Crippen molar-refractivity contribution in [2.75, 3.05) is 0 Å². The molecule has 0 saturated carbocycles. The molecule has 0 aliphatic rings. The molecule has 0 saturated heterocycles. The molecule has 9 nitrogen and oxygen atoms in total. The maximum Gasteiger partial charge on any atom is 0.291 e. The van der Waals surface area contributed by atoms with Crippen LogP contribution in [-0.2, 0) is 6.54 Å². The molecule has 142 valence electrons. The largest absolute Gasteiger partial charge is 0.507 e. The zero-order valence-electron chi connectivity index (χ0n) is 14.3. The van der Waals surface area contributed by atoms with E-state index in [-0.39, 0.29) is 17.1 Å². The van der Waals surface area contributed by atoms with Crippen molar-refractivity contribution in [1.82, 2.24) is 15.2 Å². The summed E-state index contributed by atoms with van der Waals surface area (Å²) in [5, 5.41) is 28.4. The summed E-state index contributed by atoms with van der Waals surface area (Å²) in [6.45, 7) is 0.362. The third-order valence-corrected chi connectivity index (χ3v) is 4.22. The molecule has 0 radical (unpaired) electrons. The summed E-state index contributed by atoms with van der Waals surface area (Å²) in [6.07, 6.45) is 2.95. The van der Waals surface area contributed by atoms with Crippen LogP contribution in [0, 0.1) is 10.1 Å². The van der Waals surface area contributed by atoms with Crippen molar-refractivity contribution in [1.29, 1.82) is 0 Å². The molecule has 0 aliphatic carbocycles. The number of hydrogen-bond acceptors (Lipinski definition) is 6. The highest BCUT2D eigenvalue weighted by Gasteiger charge is 2.10. The quantitative estimate of drug-likeness (QED) is 0.344. The summed E-state index contributed by atoms with van der Waals surface area (Å²) in [7, 11) is 0. The second-order valence-electron chi connectivity index (χ2n) is 5.72. The topological polar surface area (TPSA) is 123 Å². The summed E-state index contributed by atoms with van der Waals surface area (Å²) in [5.74, 6) is -0.471. The average Bonchev–Trinajstić information content (AvgIpc) is 3.13. The smallest absolute Gasteiger partial charge is 0.291 e. The molecule has 3 aromatic rings. The van der Waals surface area contributed by atoms with Gasteiger partial charge in [0.15, 0.2) is 5.69 Å². The first-order chi connectivity index (χ1) is 13.4. The fourth-order valence-electron chi connectivity index (χ4n) is 2.33. The van der Waals surface area contributed by atoms with E-state index in [1.807, 2.05) is 0 Å². The molecule has 1 heterocycles. The number of carbonyl (C=O) groups excluding carboxylic acids is 1. The van der Waals surface area contributed by atoms with E-state index < -0.39 is 10.8 Å². The Labute approximate surface area is 167 Å². The summed E-state index contributed by atoms with van der Waals surface area (Å²) in [5.41, 5.74) is 3.77. The van der Waals surface area contributed by atoms with Gasteiger partial charge in [0, 0.05) is 28.4 Å². The molecule has 0 aliphatic heterocycles. The highest BCUT2D eigenvalue weighted by Crippen LogP contribution is 2.20. The van der Waals surface area contributed by atoms with E-state index in [9.17, 15) is 20.0 Å². The number of aromatic hydroxyl groups is 1. The molecular formula is C18H14BrN5O4. The molecule has 0 atom stereocenters. The average molecular weight is 444 g/mol. The minimum atomic E-state index is -0.506. The first-order valence-electron chi connectivity index (χ1n) is 8.01. The van der Waals surface area contributed by atoms with E-state index >= 15 is 0 Å². The second-order valence-corrected chi connectivity index (χ2v) is 6.64. The molecule has 0 unspecified atom stereocenters. The maximum atomic E-state index is 12.1. The van der Waals surface area contributed by atoms with Gasteiger partial charge in [-0.1, -0.05) is 28.1 Å². The second kappa shape index (κ2) is 8.44.